The van der Waals surface area contributed by atoms with E-state index in [1.165, 1.54) is 19.2 Å². The summed E-state index contributed by atoms with van der Waals surface area (Å²) in [6.07, 6.45) is 0. The van der Waals surface area contributed by atoms with Crippen LogP contribution in [0.4, 0.5) is 8.78 Å². The Labute approximate surface area is 122 Å². The minimum atomic E-state index is -0.940. The van der Waals surface area contributed by atoms with Crippen LogP contribution in [0, 0.1) is 18.6 Å². The first-order valence-corrected chi connectivity index (χ1v) is 6.50. The lowest BCUT2D eigenvalue weighted by Crippen LogP contribution is -2.20. The molecule has 0 heterocycles. The van der Waals surface area contributed by atoms with Crippen molar-refractivity contribution in [3.8, 4) is 11.5 Å². The first-order chi connectivity index (χ1) is 10.0. The Morgan fingerprint density at radius 1 is 1.14 bits per heavy atom. The van der Waals surface area contributed by atoms with E-state index >= 15 is 0 Å². The van der Waals surface area contributed by atoms with Crippen LogP contribution in [0.3, 0.4) is 0 Å². The fourth-order valence-electron chi connectivity index (χ4n) is 1.97. The van der Waals surface area contributed by atoms with Gasteiger partial charge in [0.2, 0.25) is 0 Å². The van der Waals surface area contributed by atoms with E-state index in [4.69, 9.17) is 15.2 Å². The fraction of sp³-hybridized carbons (Fsp3) is 0.250. The third-order valence-electron chi connectivity index (χ3n) is 3.12. The van der Waals surface area contributed by atoms with Crippen molar-refractivity contribution in [2.24, 2.45) is 5.73 Å². The van der Waals surface area contributed by atoms with E-state index in [9.17, 15) is 8.78 Å². The molecule has 2 aromatic carbocycles. The van der Waals surface area contributed by atoms with Gasteiger partial charge in [0, 0.05) is 5.56 Å². The van der Waals surface area contributed by atoms with Crippen molar-refractivity contribution in [3.05, 3.63) is 59.2 Å². The summed E-state index contributed by atoms with van der Waals surface area (Å²) in [4.78, 5) is 0. The third kappa shape index (κ3) is 3.49. The van der Waals surface area contributed by atoms with Gasteiger partial charge < -0.3 is 15.2 Å². The van der Waals surface area contributed by atoms with Gasteiger partial charge in [-0.1, -0.05) is 18.2 Å². The van der Waals surface area contributed by atoms with Crippen molar-refractivity contribution in [2.75, 3.05) is 13.7 Å². The van der Waals surface area contributed by atoms with Crippen LogP contribution in [0.2, 0.25) is 0 Å². The van der Waals surface area contributed by atoms with E-state index < -0.39 is 17.7 Å². The summed E-state index contributed by atoms with van der Waals surface area (Å²) in [5, 5.41) is 0. The second kappa shape index (κ2) is 6.54. The van der Waals surface area contributed by atoms with E-state index in [-0.39, 0.29) is 12.2 Å². The molecule has 1 unspecified atom stereocenters. The molecule has 0 aliphatic rings. The molecule has 0 fully saturated rings. The quantitative estimate of drug-likeness (QED) is 0.919. The highest BCUT2D eigenvalue weighted by Crippen LogP contribution is 2.28. The lowest BCUT2D eigenvalue weighted by Gasteiger charge is -2.16. The first kappa shape index (κ1) is 15.3. The Bertz CT molecular complexity index is 632. The molecule has 3 nitrogen and oxygen atoms in total. The van der Waals surface area contributed by atoms with Gasteiger partial charge in [-0.05, 0) is 30.7 Å². The van der Waals surface area contributed by atoms with Crippen LogP contribution >= 0.6 is 0 Å². The fourth-order valence-corrected chi connectivity index (χ4v) is 1.97. The molecule has 2 aromatic rings. The highest BCUT2D eigenvalue weighted by molar-refractivity contribution is 5.42. The smallest absolute Gasteiger partial charge is 0.163 e. The molecule has 0 aromatic heterocycles. The molecule has 0 aliphatic heterocycles. The minimum absolute atomic E-state index is 0.0137. The molecule has 112 valence electrons. The number of nitrogens with two attached hydrogens (primary N) is 1. The normalized spacial score (nSPS) is 12.0. The standard InChI is InChI=1S/C16H17F2NO2/c1-10-6-7-14(15(8-10)20-2)21-9-13(19)11-4-3-5-12(17)16(11)18/h3-8,13H,9,19H2,1-2H3. The van der Waals surface area contributed by atoms with Crippen LogP contribution in [-0.2, 0) is 0 Å². The van der Waals surface area contributed by atoms with E-state index in [0.29, 0.717) is 11.5 Å². The largest absolute Gasteiger partial charge is 0.493 e. The van der Waals surface area contributed by atoms with Crippen molar-refractivity contribution >= 4 is 0 Å². The molecule has 5 heteroatoms. The Balaban J connectivity index is 2.11. The molecule has 2 N–H and O–H groups in total. The summed E-state index contributed by atoms with van der Waals surface area (Å²) in [7, 11) is 1.54. The number of hydrogen-bond acceptors (Lipinski definition) is 3. The Hall–Kier alpha value is -2.14. The predicted molar refractivity (Wildman–Crippen MR) is 76.5 cm³/mol. The van der Waals surface area contributed by atoms with Crippen molar-refractivity contribution < 1.29 is 18.3 Å². The summed E-state index contributed by atoms with van der Waals surface area (Å²) < 4.78 is 37.6. The summed E-state index contributed by atoms with van der Waals surface area (Å²) in [5.41, 5.74) is 6.97. The summed E-state index contributed by atoms with van der Waals surface area (Å²) in [6.45, 7) is 1.94. The average molecular weight is 293 g/mol. The lowest BCUT2D eigenvalue weighted by atomic mass is 10.1. The van der Waals surface area contributed by atoms with Crippen LogP contribution < -0.4 is 15.2 Å². The SMILES string of the molecule is COc1cc(C)ccc1OCC(N)c1cccc(F)c1F. The van der Waals surface area contributed by atoms with E-state index in [2.05, 4.69) is 0 Å². The number of aryl methyl sites for hydroxylation is 1. The number of hydrogen-bond donors (Lipinski definition) is 1. The van der Waals surface area contributed by atoms with Gasteiger partial charge in [0.25, 0.3) is 0 Å². The first-order valence-electron chi connectivity index (χ1n) is 6.50. The topological polar surface area (TPSA) is 44.5 Å². The molecule has 21 heavy (non-hydrogen) atoms. The molecule has 0 radical (unpaired) electrons. The van der Waals surface area contributed by atoms with Crippen molar-refractivity contribution in [1.82, 2.24) is 0 Å². The summed E-state index contributed by atoms with van der Waals surface area (Å²) in [6, 6.07) is 8.58. The third-order valence-corrected chi connectivity index (χ3v) is 3.12. The molecular weight excluding hydrogens is 276 g/mol. The zero-order valence-electron chi connectivity index (χ0n) is 11.9. The van der Waals surface area contributed by atoms with Crippen molar-refractivity contribution in [2.45, 2.75) is 13.0 Å². The molecular formula is C16H17F2NO2. The number of halogens is 2. The number of benzene rings is 2. The van der Waals surface area contributed by atoms with Crippen LogP contribution in [0.15, 0.2) is 36.4 Å². The second-order valence-corrected chi connectivity index (χ2v) is 4.71. The molecule has 0 bridgehead atoms. The van der Waals surface area contributed by atoms with E-state index in [1.807, 2.05) is 19.1 Å². The van der Waals surface area contributed by atoms with Gasteiger partial charge in [-0.15, -0.1) is 0 Å². The molecule has 0 amide bonds. The molecule has 0 spiro atoms. The van der Waals surface area contributed by atoms with Gasteiger partial charge in [0.1, 0.15) is 6.61 Å². The highest BCUT2D eigenvalue weighted by atomic mass is 19.2. The second-order valence-electron chi connectivity index (χ2n) is 4.71. The predicted octanol–water partition coefficient (Wildman–Crippen LogP) is 3.36. The Morgan fingerprint density at radius 2 is 1.90 bits per heavy atom. The van der Waals surface area contributed by atoms with E-state index in [1.54, 1.807) is 6.07 Å². The number of rotatable bonds is 5. The Kier molecular flexibility index (Phi) is 4.75. The summed E-state index contributed by atoms with van der Waals surface area (Å²) >= 11 is 0. The van der Waals surface area contributed by atoms with Gasteiger partial charge in [-0.2, -0.15) is 0 Å². The molecule has 2 rings (SSSR count). The van der Waals surface area contributed by atoms with Gasteiger partial charge >= 0.3 is 0 Å². The van der Waals surface area contributed by atoms with Gasteiger partial charge in [0.15, 0.2) is 23.1 Å². The molecule has 0 saturated carbocycles. The zero-order chi connectivity index (χ0) is 15.4. The van der Waals surface area contributed by atoms with Crippen molar-refractivity contribution in [1.29, 1.82) is 0 Å². The van der Waals surface area contributed by atoms with Crippen LogP contribution in [0.25, 0.3) is 0 Å². The van der Waals surface area contributed by atoms with Crippen LogP contribution in [0.5, 0.6) is 11.5 Å². The molecule has 0 saturated heterocycles. The monoisotopic (exact) mass is 293 g/mol. The molecule has 0 aliphatic carbocycles. The van der Waals surface area contributed by atoms with Gasteiger partial charge in [-0.3, -0.25) is 0 Å². The lowest BCUT2D eigenvalue weighted by molar-refractivity contribution is 0.270. The maximum absolute atomic E-state index is 13.6. The van der Waals surface area contributed by atoms with Gasteiger partial charge in [0.05, 0.1) is 13.2 Å². The maximum Gasteiger partial charge on any atom is 0.163 e. The van der Waals surface area contributed by atoms with E-state index in [0.717, 1.165) is 11.6 Å². The van der Waals surface area contributed by atoms with Gasteiger partial charge in [-0.25, -0.2) is 8.78 Å². The van der Waals surface area contributed by atoms with Crippen LogP contribution in [-0.4, -0.2) is 13.7 Å². The Morgan fingerprint density at radius 3 is 2.62 bits per heavy atom. The molecule has 1 atom stereocenters. The number of methoxy groups -OCH3 is 1. The van der Waals surface area contributed by atoms with Crippen molar-refractivity contribution in [3.63, 3.8) is 0 Å². The maximum atomic E-state index is 13.6. The summed E-state index contributed by atoms with van der Waals surface area (Å²) in [5.74, 6) is -0.780. The minimum Gasteiger partial charge on any atom is -0.493 e. The highest BCUT2D eigenvalue weighted by Gasteiger charge is 2.16. The zero-order valence-corrected chi connectivity index (χ0v) is 11.9. The number of ether oxygens (including phenoxy) is 2. The average Bonchev–Trinajstić information content (AvgIpc) is 2.48. The van der Waals surface area contributed by atoms with Crippen LogP contribution in [0.1, 0.15) is 17.2 Å².